The lowest BCUT2D eigenvalue weighted by Gasteiger charge is -2.22. The lowest BCUT2D eigenvalue weighted by atomic mass is 9.84. The maximum atomic E-state index is 5.15. The third kappa shape index (κ3) is 4.74. The van der Waals surface area contributed by atoms with Crippen LogP contribution in [0.5, 0.6) is 0 Å². The van der Waals surface area contributed by atoms with Crippen LogP contribution < -0.4 is 0 Å². The van der Waals surface area contributed by atoms with Crippen LogP contribution in [0, 0.1) is 5.92 Å². The van der Waals surface area contributed by atoms with Crippen molar-refractivity contribution in [2.24, 2.45) is 5.92 Å². The van der Waals surface area contributed by atoms with Gasteiger partial charge in [0.1, 0.15) is 0 Å². The van der Waals surface area contributed by atoms with Gasteiger partial charge in [-0.3, -0.25) is 4.98 Å². The molecule has 0 bridgehead atoms. The summed E-state index contributed by atoms with van der Waals surface area (Å²) in [4.78, 5) is 14.6. The van der Waals surface area contributed by atoms with E-state index in [1.54, 1.807) is 6.20 Å². The molecule has 0 spiro atoms. The van der Waals surface area contributed by atoms with Crippen molar-refractivity contribution < 1.29 is 0 Å². The fraction of sp³-hybridized carbons (Fsp3) is 0.0541. The molecule has 5 aromatic rings. The zero-order chi connectivity index (χ0) is 26.7. The summed E-state index contributed by atoms with van der Waals surface area (Å²) >= 11 is 0. The highest BCUT2D eigenvalue weighted by Crippen LogP contribution is 2.36. The van der Waals surface area contributed by atoms with E-state index < -0.39 is 0 Å². The van der Waals surface area contributed by atoms with Gasteiger partial charge in [-0.15, -0.1) is 0 Å². The molecular formula is C37H27N3. The van der Waals surface area contributed by atoms with Crippen LogP contribution in [-0.4, -0.2) is 15.0 Å². The molecule has 1 atom stereocenters. The molecule has 3 heteroatoms. The summed E-state index contributed by atoms with van der Waals surface area (Å²) in [6.45, 7) is 0. The van der Waals surface area contributed by atoms with E-state index in [-0.39, 0.29) is 0 Å². The van der Waals surface area contributed by atoms with Crippen molar-refractivity contribution in [3.63, 3.8) is 0 Å². The van der Waals surface area contributed by atoms with Gasteiger partial charge in [-0.1, -0.05) is 115 Å². The predicted molar refractivity (Wildman–Crippen MR) is 164 cm³/mol. The Morgan fingerprint density at radius 2 is 1.30 bits per heavy atom. The molecule has 2 aliphatic carbocycles. The van der Waals surface area contributed by atoms with Crippen molar-refractivity contribution in [2.75, 3.05) is 0 Å². The van der Waals surface area contributed by atoms with E-state index in [0.29, 0.717) is 5.92 Å². The Kier molecular flexibility index (Phi) is 6.31. The molecule has 2 aliphatic rings. The van der Waals surface area contributed by atoms with Crippen LogP contribution in [0.25, 0.3) is 50.3 Å². The number of benzene rings is 3. The molecule has 0 N–H and O–H groups in total. The van der Waals surface area contributed by atoms with Gasteiger partial charge in [0.05, 0.1) is 11.4 Å². The lowest BCUT2D eigenvalue weighted by Crippen LogP contribution is -2.09. The Morgan fingerprint density at radius 1 is 0.575 bits per heavy atom. The monoisotopic (exact) mass is 513 g/mol. The number of pyridine rings is 1. The molecule has 3 nitrogen and oxygen atoms in total. The highest BCUT2D eigenvalue weighted by Gasteiger charge is 2.21. The molecule has 0 radical (unpaired) electrons. The van der Waals surface area contributed by atoms with E-state index >= 15 is 0 Å². The molecule has 0 saturated heterocycles. The summed E-state index contributed by atoms with van der Waals surface area (Å²) < 4.78 is 0. The van der Waals surface area contributed by atoms with Crippen LogP contribution in [0.1, 0.15) is 12.2 Å². The number of hydrogen-bond acceptors (Lipinski definition) is 3. The smallest absolute Gasteiger partial charge is 0.160 e. The summed E-state index contributed by atoms with van der Waals surface area (Å²) in [5.74, 6) is 1.11. The quantitative estimate of drug-likeness (QED) is 0.235. The first-order chi connectivity index (χ1) is 19.8. The summed E-state index contributed by atoms with van der Waals surface area (Å²) in [5, 5.41) is 0. The maximum absolute atomic E-state index is 5.15. The normalized spacial score (nSPS) is 15.8. The zero-order valence-electron chi connectivity index (χ0n) is 22.0. The molecule has 1 unspecified atom stereocenters. The Morgan fingerprint density at radius 3 is 2.12 bits per heavy atom. The Bertz CT molecular complexity index is 1790. The first-order valence-corrected chi connectivity index (χ1v) is 13.6. The minimum atomic E-state index is 0.361. The van der Waals surface area contributed by atoms with E-state index in [0.717, 1.165) is 51.5 Å². The first kappa shape index (κ1) is 23.9. The molecule has 3 aromatic carbocycles. The van der Waals surface area contributed by atoms with Gasteiger partial charge in [-0.25, -0.2) is 9.97 Å². The van der Waals surface area contributed by atoms with Gasteiger partial charge in [0.25, 0.3) is 0 Å². The van der Waals surface area contributed by atoms with E-state index in [4.69, 9.17) is 9.97 Å². The zero-order valence-corrected chi connectivity index (χ0v) is 22.0. The van der Waals surface area contributed by atoms with Gasteiger partial charge in [-0.2, -0.15) is 0 Å². The van der Waals surface area contributed by atoms with E-state index in [2.05, 4.69) is 126 Å². The van der Waals surface area contributed by atoms with Crippen molar-refractivity contribution in [2.45, 2.75) is 6.42 Å². The van der Waals surface area contributed by atoms with Crippen molar-refractivity contribution in [1.82, 2.24) is 15.0 Å². The van der Waals surface area contributed by atoms with Gasteiger partial charge in [0.2, 0.25) is 0 Å². The van der Waals surface area contributed by atoms with E-state index in [9.17, 15) is 0 Å². The highest BCUT2D eigenvalue weighted by atomic mass is 14.9. The van der Waals surface area contributed by atoms with Crippen LogP contribution in [-0.2, 0) is 0 Å². The number of rotatable bonds is 5. The standard InChI is InChI=1S/C37H27N3/c1-2-9-26(10-3-1)27-18-20-29(21-19-27)35-24-36(31-14-6-13-30(23-31)32-15-8-22-38-25-32)40-37(39-35)34-17-7-12-28-11-4-5-16-33(28)34/h1-11,13-25,28H,12H2. The maximum Gasteiger partial charge on any atom is 0.160 e. The molecule has 2 heterocycles. The second-order valence-corrected chi connectivity index (χ2v) is 10.1. The van der Waals surface area contributed by atoms with E-state index in [1.807, 2.05) is 18.3 Å². The fourth-order valence-corrected chi connectivity index (χ4v) is 5.43. The topological polar surface area (TPSA) is 38.7 Å². The molecule has 7 rings (SSSR count). The second kappa shape index (κ2) is 10.5. The van der Waals surface area contributed by atoms with Gasteiger partial charge < -0.3 is 0 Å². The summed E-state index contributed by atoms with van der Waals surface area (Å²) in [6.07, 6.45) is 17.8. The van der Waals surface area contributed by atoms with Crippen LogP contribution in [0.3, 0.4) is 0 Å². The Balaban J connectivity index is 1.36. The minimum Gasteiger partial charge on any atom is -0.264 e. The molecule has 40 heavy (non-hydrogen) atoms. The average Bonchev–Trinajstić information content (AvgIpc) is 3.05. The Labute approximate surface area is 234 Å². The van der Waals surface area contributed by atoms with Gasteiger partial charge >= 0.3 is 0 Å². The number of aromatic nitrogens is 3. The first-order valence-electron chi connectivity index (χ1n) is 13.6. The Hall–Kier alpha value is -5.15. The molecule has 190 valence electrons. The lowest BCUT2D eigenvalue weighted by molar-refractivity contribution is 0.782. The summed E-state index contributed by atoms with van der Waals surface area (Å²) in [6, 6.07) is 33.8. The molecule has 2 aromatic heterocycles. The van der Waals surface area contributed by atoms with Crippen LogP contribution in [0.2, 0.25) is 0 Å². The number of nitrogens with zero attached hydrogens (tertiary/aromatic N) is 3. The van der Waals surface area contributed by atoms with Crippen molar-refractivity contribution in [1.29, 1.82) is 0 Å². The van der Waals surface area contributed by atoms with Crippen molar-refractivity contribution in [3.8, 4) is 44.8 Å². The number of allylic oxidation sites excluding steroid dienone is 8. The third-order valence-corrected chi connectivity index (χ3v) is 7.52. The molecule has 0 amide bonds. The SMILES string of the molecule is C1=CC2=C(c3nc(-c4ccc(-c5ccccc5)cc4)cc(-c4cccc(-c5cccnc5)c4)n3)C=CCC2C=C1. The third-order valence-electron chi connectivity index (χ3n) is 7.52. The van der Waals surface area contributed by atoms with Gasteiger partial charge in [0, 0.05) is 40.6 Å². The number of hydrogen-bond donors (Lipinski definition) is 0. The molecule has 0 aliphatic heterocycles. The highest BCUT2D eigenvalue weighted by molar-refractivity contribution is 5.81. The van der Waals surface area contributed by atoms with Crippen LogP contribution >= 0.6 is 0 Å². The fourth-order valence-electron chi connectivity index (χ4n) is 5.43. The summed E-state index contributed by atoms with van der Waals surface area (Å²) in [5.41, 5.74) is 10.9. The largest absolute Gasteiger partial charge is 0.264 e. The van der Waals surface area contributed by atoms with Crippen molar-refractivity contribution >= 4 is 5.57 Å². The van der Waals surface area contributed by atoms with Gasteiger partial charge in [0.15, 0.2) is 5.82 Å². The van der Waals surface area contributed by atoms with E-state index in [1.165, 1.54) is 16.7 Å². The molecule has 0 fully saturated rings. The average molecular weight is 514 g/mol. The van der Waals surface area contributed by atoms with Crippen molar-refractivity contribution in [3.05, 3.63) is 157 Å². The van der Waals surface area contributed by atoms with Crippen LogP contribution in [0.4, 0.5) is 0 Å². The van der Waals surface area contributed by atoms with Gasteiger partial charge in [-0.05, 0) is 46.9 Å². The van der Waals surface area contributed by atoms with Crippen LogP contribution in [0.15, 0.2) is 151 Å². The molecular weight excluding hydrogens is 486 g/mol. The summed E-state index contributed by atoms with van der Waals surface area (Å²) in [7, 11) is 0. The second-order valence-electron chi connectivity index (χ2n) is 10.1. The minimum absolute atomic E-state index is 0.361. The molecule has 0 saturated carbocycles. The number of fused-ring (bicyclic) bond motifs is 1. The predicted octanol–water partition coefficient (Wildman–Crippen LogP) is 9.00.